The molecule has 0 aliphatic carbocycles. The third-order valence-electron chi connectivity index (χ3n) is 2.15. The standard InChI is InChI=1S/C11H8NO2/c1-2-5-10-9(4-1)12(8-14-10)11-6-3-7-13-11/h1-8H/q+1. The van der Waals surface area contributed by atoms with Crippen molar-refractivity contribution in [2.45, 2.75) is 0 Å². The molecular formula is C11H8NO2+. The van der Waals surface area contributed by atoms with Crippen molar-refractivity contribution < 1.29 is 13.4 Å². The maximum Gasteiger partial charge on any atom is 0.381 e. The van der Waals surface area contributed by atoms with Gasteiger partial charge in [0.05, 0.1) is 12.3 Å². The van der Waals surface area contributed by atoms with Gasteiger partial charge in [-0.15, -0.1) is 0 Å². The minimum Gasteiger partial charge on any atom is -0.413 e. The van der Waals surface area contributed by atoms with Crippen molar-refractivity contribution in [2.24, 2.45) is 0 Å². The molecule has 0 N–H and O–H groups in total. The number of para-hydroxylation sites is 2. The summed E-state index contributed by atoms with van der Waals surface area (Å²) in [4.78, 5) is 0. The van der Waals surface area contributed by atoms with Crippen LogP contribution in [0.1, 0.15) is 0 Å². The van der Waals surface area contributed by atoms with Gasteiger partial charge in [-0.1, -0.05) is 16.7 Å². The summed E-state index contributed by atoms with van der Waals surface area (Å²) in [5.74, 6) is 0.759. The lowest BCUT2D eigenvalue weighted by Crippen LogP contribution is -2.27. The predicted octanol–water partition coefficient (Wildman–Crippen LogP) is 2.30. The third kappa shape index (κ3) is 0.956. The number of benzene rings is 1. The van der Waals surface area contributed by atoms with E-state index in [1.807, 2.05) is 41.0 Å². The average Bonchev–Trinajstić information content (AvgIpc) is 2.85. The number of fused-ring (bicyclic) bond motifs is 1. The van der Waals surface area contributed by atoms with Crippen molar-refractivity contribution in [3.63, 3.8) is 0 Å². The van der Waals surface area contributed by atoms with E-state index in [4.69, 9.17) is 8.83 Å². The summed E-state index contributed by atoms with van der Waals surface area (Å²) in [5, 5.41) is 0. The highest BCUT2D eigenvalue weighted by Gasteiger charge is 2.17. The van der Waals surface area contributed by atoms with E-state index in [2.05, 4.69) is 0 Å². The molecule has 3 aromatic rings. The molecule has 0 amide bonds. The van der Waals surface area contributed by atoms with Crippen molar-refractivity contribution in [1.29, 1.82) is 0 Å². The van der Waals surface area contributed by atoms with Crippen LogP contribution in [0.15, 0.2) is 57.9 Å². The number of hydrogen-bond acceptors (Lipinski definition) is 2. The highest BCUT2D eigenvalue weighted by Crippen LogP contribution is 2.12. The molecule has 0 atom stereocenters. The van der Waals surface area contributed by atoms with Crippen LogP contribution < -0.4 is 4.57 Å². The van der Waals surface area contributed by atoms with Gasteiger partial charge in [0.15, 0.2) is 0 Å². The van der Waals surface area contributed by atoms with Crippen LogP contribution in [0, 0.1) is 0 Å². The van der Waals surface area contributed by atoms with Gasteiger partial charge in [-0.2, -0.15) is 0 Å². The van der Waals surface area contributed by atoms with Gasteiger partial charge >= 0.3 is 12.3 Å². The second-order valence-electron chi connectivity index (χ2n) is 3.01. The van der Waals surface area contributed by atoms with E-state index in [9.17, 15) is 0 Å². The maximum atomic E-state index is 5.38. The summed E-state index contributed by atoms with van der Waals surface area (Å²) in [6, 6.07) is 11.6. The minimum absolute atomic E-state index is 0.759. The van der Waals surface area contributed by atoms with E-state index in [0.29, 0.717) is 0 Å². The number of furan rings is 1. The number of hydrogen-bond donors (Lipinski definition) is 0. The molecule has 0 bridgehead atoms. The van der Waals surface area contributed by atoms with Gasteiger partial charge in [-0.3, -0.25) is 0 Å². The molecule has 3 heteroatoms. The molecule has 3 rings (SSSR count). The SMILES string of the molecule is c1coc(-[n+]2coc3ccccc32)c1. The highest BCUT2D eigenvalue weighted by molar-refractivity contribution is 5.68. The fourth-order valence-corrected chi connectivity index (χ4v) is 1.50. The van der Waals surface area contributed by atoms with Gasteiger partial charge in [0, 0.05) is 6.07 Å². The molecule has 0 fully saturated rings. The van der Waals surface area contributed by atoms with Gasteiger partial charge in [-0.25, -0.2) is 0 Å². The monoisotopic (exact) mass is 186 g/mol. The quantitative estimate of drug-likeness (QED) is 0.546. The molecular weight excluding hydrogens is 178 g/mol. The van der Waals surface area contributed by atoms with Crippen LogP contribution >= 0.6 is 0 Å². The molecule has 0 spiro atoms. The second-order valence-corrected chi connectivity index (χ2v) is 3.01. The number of oxazole rings is 1. The lowest BCUT2D eigenvalue weighted by Gasteiger charge is -1.83. The summed E-state index contributed by atoms with van der Waals surface area (Å²) in [7, 11) is 0. The van der Waals surface area contributed by atoms with Crippen LogP contribution in [0.5, 0.6) is 0 Å². The fraction of sp³-hybridized carbons (Fsp3) is 0. The van der Waals surface area contributed by atoms with E-state index in [1.54, 1.807) is 12.7 Å². The first-order valence-corrected chi connectivity index (χ1v) is 4.37. The van der Waals surface area contributed by atoms with Crippen LogP contribution in [0.3, 0.4) is 0 Å². The molecule has 14 heavy (non-hydrogen) atoms. The van der Waals surface area contributed by atoms with Crippen LogP contribution in [0.4, 0.5) is 0 Å². The van der Waals surface area contributed by atoms with Crippen molar-refractivity contribution >= 4 is 11.1 Å². The Morgan fingerprint density at radius 2 is 1.86 bits per heavy atom. The first kappa shape index (κ1) is 7.38. The van der Waals surface area contributed by atoms with Gasteiger partial charge < -0.3 is 8.83 Å². The first-order valence-electron chi connectivity index (χ1n) is 4.37. The molecule has 3 nitrogen and oxygen atoms in total. The minimum atomic E-state index is 0.759. The summed E-state index contributed by atoms with van der Waals surface area (Å²) in [6.07, 6.45) is 3.29. The molecule has 0 aliphatic rings. The Labute approximate surface area is 80.2 Å². The smallest absolute Gasteiger partial charge is 0.381 e. The molecule has 2 aromatic heterocycles. The van der Waals surface area contributed by atoms with Gasteiger partial charge in [0.1, 0.15) is 0 Å². The Balaban J connectivity index is 2.33. The molecule has 0 aliphatic heterocycles. The van der Waals surface area contributed by atoms with Crippen molar-refractivity contribution in [3.05, 3.63) is 49.1 Å². The summed E-state index contributed by atoms with van der Waals surface area (Å²) >= 11 is 0. The van der Waals surface area contributed by atoms with Crippen LogP contribution in [0.2, 0.25) is 0 Å². The Morgan fingerprint density at radius 1 is 0.929 bits per heavy atom. The molecule has 2 heterocycles. The van der Waals surface area contributed by atoms with Gasteiger partial charge in [0.2, 0.25) is 5.58 Å². The maximum absolute atomic E-state index is 5.38. The second kappa shape index (κ2) is 2.73. The van der Waals surface area contributed by atoms with Gasteiger partial charge in [-0.05, 0) is 12.1 Å². The van der Waals surface area contributed by atoms with Gasteiger partial charge in [0.25, 0.3) is 5.52 Å². The number of nitrogens with zero attached hydrogens (tertiary/aromatic N) is 1. The fourth-order valence-electron chi connectivity index (χ4n) is 1.50. The van der Waals surface area contributed by atoms with Crippen molar-refractivity contribution in [2.75, 3.05) is 0 Å². The van der Waals surface area contributed by atoms with E-state index >= 15 is 0 Å². The van der Waals surface area contributed by atoms with Crippen LogP contribution in [-0.4, -0.2) is 0 Å². The zero-order valence-electron chi connectivity index (χ0n) is 7.38. The molecule has 1 aromatic carbocycles. The molecule has 0 unspecified atom stereocenters. The van der Waals surface area contributed by atoms with E-state index in [-0.39, 0.29) is 0 Å². The molecule has 0 saturated heterocycles. The zero-order valence-corrected chi connectivity index (χ0v) is 7.38. The Hall–Kier alpha value is -2.03. The lowest BCUT2D eigenvalue weighted by atomic mass is 10.3. The molecule has 68 valence electrons. The van der Waals surface area contributed by atoms with Crippen molar-refractivity contribution in [1.82, 2.24) is 0 Å². The normalized spacial score (nSPS) is 10.9. The number of aromatic nitrogens is 1. The van der Waals surface area contributed by atoms with Crippen LogP contribution in [-0.2, 0) is 0 Å². The Kier molecular flexibility index (Phi) is 1.44. The molecule has 0 saturated carbocycles. The summed E-state index contributed by atoms with van der Waals surface area (Å²) in [6.45, 7) is 0. The average molecular weight is 186 g/mol. The topological polar surface area (TPSA) is 30.2 Å². The molecule has 0 radical (unpaired) electrons. The third-order valence-corrected chi connectivity index (χ3v) is 2.15. The van der Waals surface area contributed by atoms with E-state index < -0.39 is 0 Å². The highest BCUT2D eigenvalue weighted by atomic mass is 16.4. The zero-order chi connectivity index (χ0) is 9.38. The van der Waals surface area contributed by atoms with E-state index in [0.717, 1.165) is 17.0 Å². The summed E-state index contributed by atoms with van der Waals surface area (Å²) in [5.41, 5.74) is 1.85. The van der Waals surface area contributed by atoms with Crippen molar-refractivity contribution in [3.8, 4) is 5.88 Å². The van der Waals surface area contributed by atoms with E-state index in [1.165, 1.54) is 0 Å². The first-order chi connectivity index (χ1) is 6.95. The number of rotatable bonds is 1. The lowest BCUT2D eigenvalue weighted by molar-refractivity contribution is -0.587. The van der Waals surface area contributed by atoms with Crippen LogP contribution in [0.25, 0.3) is 17.0 Å². The Bertz CT molecular complexity index is 551. The Morgan fingerprint density at radius 3 is 2.71 bits per heavy atom. The summed E-state index contributed by atoms with van der Waals surface area (Å²) < 4.78 is 12.5. The predicted molar refractivity (Wildman–Crippen MR) is 50.0 cm³/mol. The largest absolute Gasteiger partial charge is 0.413 e.